The summed E-state index contributed by atoms with van der Waals surface area (Å²) in [5, 5.41) is 0. The van der Waals surface area contributed by atoms with Crippen molar-refractivity contribution in [1.82, 2.24) is 0 Å². The van der Waals surface area contributed by atoms with Gasteiger partial charge >= 0.3 is 31.0 Å². The first-order valence-electron chi connectivity index (χ1n) is 2.62. The monoisotopic (exact) mass is 198 g/mol. The topological polar surface area (TPSA) is 80.3 Å². The van der Waals surface area contributed by atoms with Crippen molar-refractivity contribution >= 4 is 31.0 Å². The van der Waals surface area contributed by atoms with E-state index in [0.29, 0.717) is 0 Å². The lowest BCUT2D eigenvalue weighted by Gasteiger charge is -2.31. The van der Waals surface area contributed by atoms with E-state index in [4.69, 9.17) is 0 Å². The highest BCUT2D eigenvalue weighted by atomic mass is 31.3. The lowest BCUT2D eigenvalue weighted by atomic mass is 10.4. The Morgan fingerprint density at radius 1 is 0.909 bits per heavy atom. The van der Waals surface area contributed by atoms with Crippen LogP contribution in [0.5, 0.6) is 0 Å². The molecule has 0 radical (unpaired) electrons. The summed E-state index contributed by atoms with van der Waals surface area (Å²) in [6, 6.07) is 0. The molecule has 0 aliphatic carbocycles. The second kappa shape index (κ2) is 2.44. The van der Waals surface area contributed by atoms with Crippen LogP contribution < -0.4 is 0 Å². The Morgan fingerprint density at radius 2 is 1.27 bits per heavy atom. The predicted molar refractivity (Wildman–Crippen MR) is 34.9 cm³/mol. The van der Waals surface area contributed by atoms with Crippen LogP contribution >= 0.6 is 15.6 Å². The maximum Gasteiger partial charge on any atom is 0.458 e. The highest BCUT2D eigenvalue weighted by Crippen LogP contribution is 2.71. The molecule has 0 atom stereocenters. The van der Waals surface area contributed by atoms with Gasteiger partial charge in [-0.25, -0.2) is 9.13 Å². The highest BCUT2D eigenvalue weighted by Gasteiger charge is 2.49. The molecule has 2 fully saturated rings. The fourth-order valence-corrected chi connectivity index (χ4v) is 2.78. The summed E-state index contributed by atoms with van der Waals surface area (Å²) in [5.41, 5.74) is 0. The van der Waals surface area contributed by atoms with Crippen LogP contribution in [0.4, 0.5) is 0 Å². The Kier molecular flexibility index (Phi) is 1.77. The van der Waals surface area contributed by atoms with Crippen molar-refractivity contribution in [3.63, 3.8) is 0 Å². The van der Waals surface area contributed by atoms with Crippen molar-refractivity contribution in [3.8, 4) is 0 Å². The molecule has 0 aromatic carbocycles. The van der Waals surface area contributed by atoms with Gasteiger partial charge in [0.15, 0.2) is 0 Å². The van der Waals surface area contributed by atoms with Crippen LogP contribution in [0.25, 0.3) is 0 Å². The summed E-state index contributed by atoms with van der Waals surface area (Å²) in [7, 11) is -7.44. The Balaban J connectivity index is 1.99. The van der Waals surface area contributed by atoms with Gasteiger partial charge in [-0.2, -0.15) is 4.31 Å². The quantitative estimate of drug-likeness (QED) is 0.450. The van der Waals surface area contributed by atoms with Gasteiger partial charge in [0.1, 0.15) is 0 Å². The van der Waals surface area contributed by atoms with Crippen molar-refractivity contribution in [2.24, 2.45) is 0 Å². The summed E-state index contributed by atoms with van der Waals surface area (Å²) in [5.74, 6) is 0. The standard InChI is InChI=1S/B2H2O7P2/c3-10(5-1-6-10)9-11(4)7-2-8-11/h1-2H. The molecule has 2 heterocycles. The van der Waals surface area contributed by atoms with E-state index in [2.05, 4.69) is 22.1 Å². The third-order valence-electron chi connectivity index (χ3n) is 1.04. The number of hydrogen-bond donors (Lipinski definition) is 0. The van der Waals surface area contributed by atoms with Gasteiger partial charge in [0.05, 0.1) is 0 Å². The molecule has 0 unspecified atom stereocenters. The molecule has 2 saturated heterocycles. The summed E-state index contributed by atoms with van der Waals surface area (Å²) < 4.78 is 43.6. The first kappa shape index (κ1) is 8.01. The van der Waals surface area contributed by atoms with Crippen LogP contribution in [0.3, 0.4) is 0 Å². The second-order valence-corrected chi connectivity index (χ2v) is 5.20. The highest BCUT2D eigenvalue weighted by molar-refractivity contribution is 7.66. The summed E-state index contributed by atoms with van der Waals surface area (Å²) >= 11 is 0. The van der Waals surface area contributed by atoms with E-state index >= 15 is 0 Å². The van der Waals surface area contributed by atoms with Gasteiger partial charge in [-0.05, 0) is 0 Å². The molecule has 11 heteroatoms. The third kappa shape index (κ3) is 1.46. The fraction of sp³-hybridized carbons (Fsp3) is 0. The molecule has 0 bridgehead atoms. The van der Waals surface area contributed by atoms with E-state index in [1.54, 1.807) is 0 Å². The van der Waals surface area contributed by atoms with Crippen LogP contribution in [-0.4, -0.2) is 15.4 Å². The van der Waals surface area contributed by atoms with Gasteiger partial charge in [0.2, 0.25) is 0 Å². The van der Waals surface area contributed by atoms with Crippen LogP contribution in [0.2, 0.25) is 0 Å². The average molecular weight is 198 g/mol. The lowest BCUT2D eigenvalue weighted by Crippen LogP contribution is -2.21. The van der Waals surface area contributed by atoms with Crippen molar-refractivity contribution in [3.05, 3.63) is 0 Å². The zero-order valence-electron chi connectivity index (χ0n) is 5.17. The minimum atomic E-state index is -3.59. The minimum Gasteiger partial charge on any atom is -0.321 e. The smallest absolute Gasteiger partial charge is 0.321 e. The zero-order valence-corrected chi connectivity index (χ0v) is 6.96. The molecular weight excluding hydrogens is 196 g/mol. The van der Waals surface area contributed by atoms with Crippen molar-refractivity contribution in [1.29, 1.82) is 0 Å². The molecule has 0 aromatic heterocycles. The molecule has 2 rings (SSSR count). The van der Waals surface area contributed by atoms with Crippen LogP contribution in [0.1, 0.15) is 0 Å². The van der Waals surface area contributed by atoms with Crippen molar-refractivity contribution in [2.45, 2.75) is 0 Å². The molecule has 0 saturated carbocycles. The van der Waals surface area contributed by atoms with Crippen LogP contribution in [0.15, 0.2) is 0 Å². The van der Waals surface area contributed by atoms with E-state index in [-0.39, 0.29) is 15.4 Å². The van der Waals surface area contributed by atoms with Gasteiger partial charge < -0.3 is 17.8 Å². The maximum absolute atomic E-state index is 10.9. The maximum atomic E-state index is 10.9. The molecule has 0 amide bonds. The normalized spacial score (nSPS) is 30.5. The molecular formula is H2B2O7P2. The molecule has 11 heavy (non-hydrogen) atoms. The van der Waals surface area contributed by atoms with E-state index in [9.17, 15) is 9.13 Å². The Bertz CT molecular complexity index is 217. The molecule has 60 valence electrons. The minimum absolute atomic E-state index is 0.128. The third-order valence-corrected chi connectivity index (χ3v) is 4.33. The second-order valence-electron chi connectivity index (χ2n) is 1.73. The van der Waals surface area contributed by atoms with E-state index in [1.165, 1.54) is 0 Å². The zero-order chi connectivity index (χ0) is 7.95. The fourth-order valence-electron chi connectivity index (χ4n) is 0.494. The average Bonchev–Trinajstić information content (AvgIpc) is 1.81. The van der Waals surface area contributed by atoms with E-state index in [0.717, 1.165) is 0 Å². The van der Waals surface area contributed by atoms with E-state index < -0.39 is 15.6 Å². The molecule has 0 spiro atoms. The molecule has 0 N–H and O–H groups in total. The summed E-state index contributed by atoms with van der Waals surface area (Å²) in [4.78, 5) is 0. The Hall–Kier alpha value is 0.390. The number of hydrogen-bond acceptors (Lipinski definition) is 7. The van der Waals surface area contributed by atoms with Gasteiger partial charge in [-0.1, -0.05) is 0 Å². The Morgan fingerprint density at radius 3 is 1.45 bits per heavy atom. The molecule has 2 aliphatic heterocycles. The van der Waals surface area contributed by atoms with Gasteiger partial charge in [0, 0.05) is 0 Å². The Labute approximate surface area is 63.1 Å². The van der Waals surface area contributed by atoms with Gasteiger partial charge in [0.25, 0.3) is 0 Å². The molecule has 7 nitrogen and oxygen atoms in total. The predicted octanol–water partition coefficient (Wildman–Crippen LogP) is -0.154. The largest absolute Gasteiger partial charge is 0.458 e. The summed E-state index contributed by atoms with van der Waals surface area (Å²) in [6.45, 7) is 0. The summed E-state index contributed by atoms with van der Waals surface area (Å²) in [6.07, 6.45) is 0. The van der Waals surface area contributed by atoms with Gasteiger partial charge in [-0.3, -0.25) is 0 Å². The van der Waals surface area contributed by atoms with Crippen molar-refractivity contribution in [2.75, 3.05) is 0 Å². The van der Waals surface area contributed by atoms with Crippen LogP contribution in [-0.2, 0) is 31.2 Å². The van der Waals surface area contributed by atoms with E-state index in [1.807, 2.05) is 0 Å². The number of rotatable bonds is 2. The lowest BCUT2D eigenvalue weighted by molar-refractivity contribution is 0.174. The molecule has 2 aliphatic rings. The van der Waals surface area contributed by atoms with Crippen LogP contribution in [0, 0.1) is 0 Å². The number of phosphoric acid groups is 2. The SMILES string of the molecule is O=P1(OP2(=O)OBO2)OBO1. The van der Waals surface area contributed by atoms with Crippen molar-refractivity contribution < 1.29 is 31.2 Å². The molecule has 0 aromatic rings. The first-order chi connectivity index (χ1) is 5.12. The first-order valence-corrected chi connectivity index (χ1v) is 5.54. The van der Waals surface area contributed by atoms with Gasteiger partial charge in [-0.15, -0.1) is 0 Å².